The minimum absolute atomic E-state index is 0. The van der Waals surface area contributed by atoms with Gasteiger partial charge in [0.05, 0.1) is 17.7 Å². The van der Waals surface area contributed by atoms with Crippen LogP contribution in [-0.2, 0) is 36.9 Å². The van der Waals surface area contributed by atoms with Crippen molar-refractivity contribution in [1.82, 2.24) is 29.4 Å². The molecule has 3 saturated heterocycles. The fourth-order valence-electron chi connectivity index (χ4n) is 6.05. The van der Waals surface area contributed by atoms with Gasteiger partial charge in [0, 0.05) is 48.9 Å². The maximum Gasteiger partial charge on any atom is 1.00 e. The minimum atomic E-state index is -1.63. The van der Waals surface area contributed by atoms with Gasteiger partial charge < -0.3 is 49.5 Å². The Bertz CT molecular complexity index is 1870. The number of aryl methyl sites for hydroxylation is 1. The molecule has 0 spiro atoms. The minimum Gasteiger partial charge on any atom is -0.543 e. The van der Waals surface area contributed by atoms with E-state index >= 15 is 0 Å². The number of hydrogen-bond acceptors (Lipinski definition) is 17. The maximum atomic E-state index is 13.4. The molecule has 2 aromatic rings. The van der Waals surface area contributed by atoms with E-state index < -0.39 is 52.5 Å². The molecular weight excluding hydrogens is 711 g/mol. The Morgan fingerprint density at radius 2 is 1.98 bits per heavy atom. The number of aliphatic carboxylic acids is 1. The molecule has 22 heteroatoms. The molecule has 4 aliphatic heterocycles. The molecule has 3 atom stereocenters. The van der Waals surface area contributed by atoms with Gasteiger partial charge in [-0.2, -0.15) is 9.36 Å². The average Bonchev–Trinajstić information content (AvgIpc) is 3.87. The van der Waals surface area contributed by atoms with Crippen LogP contribution in [0.5, 0.6) is 0 Å². The summed E-state index contributed by atoms with van der Waals surface area (Å²) in [4.78, 5) is 83.6. The number of carboxylic acids is 1. The van der Waals surface area contributed by atoms with Crippen LogP contribution in [0, 0.1) is 0 Å². The Balaban J connectivity index is 0.00000486. The topological polar surface area (TPSA) is 267 Å². The monoisotopic (exact) mass is 740 g/mol. The molecule has 50 heavy (non-hydrogen) atoms. The quantitative estimate of drug-likeness (QED) is 0.0520. The molecule has 0 saturated carbocycles. The maximum absolute atomic E-state index is 13.4. The van der Waals surface area contributed by atoms with E-state index in [1.807, 2.05) is 6.92 Å². The normalized spacial score (nSPS) is 22.8. The third-order valence-electron chi connectivity index (χ3n) is 8.34. The number of carbonyl (C=O) groups excluding carboxylic acids is 5. The molecule has 0 bridgehead atoms. The summed E-state index contributed by atoms with van der Waals surface area (Å²) in [5, 5.41) is 26.1. The van der Waals surface area contributed by atoms with Crippen molar-refractivity contribution in [2.75, 3.05) is 31.1 Å². The standard InChI is InChI=1S/C28H30N8O11S2.Na/c1-2-3-15-16(47-28(43)46-15)10-45-27(42)34-6-5-14(9-34)35-7-4-12(22(35)38)8-13-11-48-24-18(23(39)36(24)19(13)25(40)41)30-21(37)17(32-44)20-31-26(29)49-33-20;/h8,14,18,24,44H,2-7,9-11H2,1H3,(H,30,37)(H,40,41)(H2,29,31,33);/q;+1/p-1/b12-8+,32-17-;/t14-,18-,24-;/m1./s1. The van der Waals surface area contributed by atoms with E-state index in [1.165, 1.54) is 22.7 Å². The molecule has 0 aromatic carbocycles. The molecule has 4 N–H and O–H groups in total. The summed E-state index contributed by atoms with van der Waals surface area (Å²) >= 11 is 1.94. The van der Waals surface area contributed by atoms with E-state index in [4.69, 9.17) is 19.3 Å². The number of nitrogens with zero attached hydrogens (tertiary/aromatic N) is 6. The van der Waals surface area contributed by atoms with Crippen LogP contribution in [0.2, 0.25) is 0 Å². The fourth-order valence-corrected chi connectivity index (χ4v) is 7.79. The van der Waals surface area contributed by atoms with Gasteiger partial charge in [0.25, 0.3) is 11.8 Å². The Labute approximate surface area is 313 Å². The van der Waals surface area contributed by atoms with E-state index in [0.717, 1.165) is 16.4 Å². The first-order valence-corrected chi connectivity index (χ1v) is 16.9. The van der Waals surface area contributed by atoms with Crippen molar-refractivity contribution in [3.8, 4) is 0 Å². The Morgan fingerprint density at radius 1 is 1.22 bits per heavy atom. The van der Waals surface area contributed by atoms with Crippen molar-refractivity contribution in [3.05, 3.63) is 50.9 Å². The number of nitrogens with two attached hydrogens (primary N) is 1. The number of rotatable bonds is 10. The number of carbonyl (C=O) groups is 5. The van der Waals surface area contributed by atoms with Gasteiger partial charge in [0.1, 0.15) is 11.4 Å². The first-order chi connectivity index (χ1) is 23.5. The second-order valence-electron chi connectivity index (χ2n) is 11.3. The molecule has 19 nitrogen and oxygen atoms in total. The third kappa shape index (κ3) is 7.18. The third-order valence-corrected chi connectivity index (χ3v) is 10.2. The van der Waals surface area contributed by atoms with Crippen molar-refractivity contribution < 1.29 is 77.4 Å². The number of oxime groups is 1. The van der Waals surface area contributed by atoms with Gasteiger partial charge >= 0.3 is 41.5 Å². The number of anilines is 1. The smallest absolute Gasteiger partial charge is 0.543 e. The molecule has 3 fully saturated rings. The molecule has 260 valence electrons. The van der Waals surface area contributed by atoms with Gasteiger partial charge in [0.2, 0.25) is 17.4 Å². The number of nitrogens with one attached hydrogen (secondary N) is 1. The number of thioether (sulfide) groups is 1. The molecule has 0 aliphatic carbocycles. The Hall–Kier alpha value is -4.18. The van der Waals surface area contributed by atoms with Crippen molar-refractivity contribution in [2.45, 2.75) is 56.7 Å². The number of allylic oxidation sites excluding steroid dienone is 1. The summed E-state index contributed by atoms with van der Waals surface area (Å²) < 4.78 is 19.1. The fraction of sp³-hybridized carbons (Fsp3) is 0.464. The first-order valence-electron chi connectivity index (χ1n) is 15.1. The second-order valence-corrected chi connectivity index (χ2v) is 13.2. The van der Waals surface area contributed by atoms with Crippen LogP contribution in [0.1, 0.15) is 43.5 Å². The number of fused-ring (bicyclic) bond motifs is 1. The van der Waals surface area contributed by atoms with E-state index in [2.05, 4.69) is 19.8 Å². The number of β-lactam (4-membered cyclic amide) rings is 1. The first kappa shape index (κ1) is 37.1. The predicted octanol–water partition coefficient (Wildman–Crippen LogP) is -4.22. The molecule has 6 heterocycles. The van der Waals surface area contributed by atoms with E-state index in [9.17, 15) is 39.1 Å². The van der Waals surface area contributed by atoms with Crippen LogP contribution < -0.4 is 51.5 Å². The number of hydrogen-bond donors (Lipinski definition) is 3. The van der Waals surface area contributed by atoms with Gasteiger partial charge in [-0.25, -0.2) is 9.59 Å². The zero-order valence-corrected chi connectivity index (χ0v) is 30.4. The van der Waals surface area contributed by atoms with Crippen molar-refractivity contribution in [1.29, 1.82) is 0 Å². The summed E-state index contributed by atoms with van der Waals surface area (Å²) in [7, 11) is 0. The van der Waals surface area contributed by atoms with Gasteiger partial charge in [-0.15, -0.1) is 11.8 Å². The molecular formula is C28H29N8NaO11S2. The summed E-state index contributed by atoms with van der Waals surface area (Å²) in [5.41, 5.74) is 5.08. The van der Waals surface area contributed by atoms with E-state index in [1.54, 1.807) is 4.90 Å². The zero-order chi connectivity index (χ0) is 35.0. The van der Waals surface area contributed by atoms with E-state index in [0.29, 0.717) is 50.1 Å². The SMILES string of the molecule is CCCc1oc(=O)oc1COC(=O)N1CC[C@@H](N2CC/C(=C\C3=C(C(=O)[O-])N4C(=O)[C@@H](NC(=O)/C(=N\O)c5nsc(N)n5)[C@H]4SC3)C2=O)C1.[Na+]. The summed E-state index contributed by atoms with van der Waals surface area (Å²) in [6.07, 6.45) is 2.78. The second kappa shape index (κ2) is 15.4. The average molecular weight is 741 g/mol. The van der Waals surface area contributed by atoms with Gasteiger partial charge in [-0.05, 0) is 30.9 Å². The van der Waals surface area contributed by atoms with Crippen molar-refractivity contribution >= 4 is 63.9 Å². The van der Waals surface area contributed by atoms with E-state index in [-0.39, 0.29) is 82.7 Å². The van der Waals surface area contributed by atoms with Gasteiger partial charge in [-0.3, -0.25) is 19.3 Å². The van der Waals surface area contributed by atoms with Crippen LogP contribution in [0.3, 0.4) is 0 Å². The van der Waals surface area contributed by atoms with Crippen LogP contribution in [0.15, 0.2) is 41.7 Å². The van der Waals surface area contributed by atoms with Crippen LogP contribution >= 0.6 is 23.3 Å². The van der Waals surface area contributed by atoms with Crippen LogP contribution in [0.4, 0.5) is 9.93 Å². The van der Waals surface area contributed by atoms with Crippen molar-refractivity contribution in [2.24, 2.45) is 5.16 Å². The molecule has 6 rings (SSSR count). The Morgan fingerprint density at radius 3 is 2.66 bits per heavy atom. The summed E-state index contributed by atoms with van der Waals surface area (Å²) in [6, 6.07) is -1.45. The number of nitrogen functional groups attached to an aromatic ring is 1. The molecule has 2 aromatic heterocycles. The largest absolute Gasteiger partial charge is 1.00 e. The summed E-state index contributed by atoms with van der Waals surface area (Å²) in [5.74, 6) is -4.20. The van der Waals surface area contributed by atoms with Crippen LogP contribution in [0.25, 0.3) is 0 Å². The van der Waals surface area contributed by atoms with Crippen molar-refractivity contribution in [3.63, 3.8) is 0 Å². The number of ether oxygens (including phenoxy) is 1. The number of carboxylic acid groups (broad SMARTS) is 1. The molecule has 4 aliphatic rings. The zero-order valence-electron chi connectivity index (χ0n) is 26.8. The predicted molar refractivity (Wildman–Crippen MR) is 166 cm³/mol. The number of aromatic nitrogens is 2. The van der Waals surface area contributed by atoms with Gasteiger partial charge in [0.15, 0.2) is 23.3 Å². The summed E-state index contributed by atoms with van der Waals surface area (Å²) in [6.45, 7) is 2.51. The van der Waals surface area contributed by atoms with Crippen LogP contribution in [-0.4, -0.2) is 108 Å². The van der Waals surface area contributed by atoms with Gasteiger partial charge in [-0.1, -0.05) is 12.1 Å². The molecule has 0 radical (unpaired) electrons. The Kier molecular flexibility index (Phi) is 11.4. The number of likely N-dealkylation sites (tertiary alicyclic amines) is 2. The number of amides is 4. The molecule has 0 unspecified atom stereocenters. The molecule has 4 amide bonds.